The number of halogens is 1. The van der Waals surface area contributed by atoms with Gasteiger partial charge in [0.1, 0.15) is 0 Å². The van der Waals surface area contributed by atoms with E-state index >= 15 is 0 Å². The summed E-state index contributed by atoms with van der Waals surface area (Å²) in [6.07, 6.45) is 6.93. The zero-order valence-corrected chi connectivity index (χ0v) is 13.6. The van der Waals surface area contributed by atoms with Crippen LogP contribution in [0.25, 0.3) is 0 Å². The van der Waals surface area contributed by atoms with Gasteiger partial charge in [0.2, 0.25) is 0 Å². The Kier molecular flexibility index (Phi) is 3.05. The first-order valence-electron chi connectivity index (χ1n) is 8.02. The van der Waals surface area contributed by atoms with Crippen molar-refractivity contribution in [2.45, 2.75) is 44.6 Å². The van der Waals surface area contributed by atoms with Crippen LogP contribution >= 0.6 is 15.9 Å². The summed E-state index contributed by atoms with van der Waals surface area (Å²) >= 11 is 3.49. The highest BCUT2D eigenvalue weighted by Crippen LogP contribution is 2.60. The maximum absolute atomic E-state index is 11.3. The lowest BCUT2D eigenvalue weighted by molar-refractivity contribution is -0.139. The summed E-state index contributed by atoms with van der Waals surface area (Å²) in [7, 11) is 0. The molecule has 4 aliphatic carbocycles. The summed E-state index contributed by atoms with van der Waals surface area (Å²) in [6.45, 7) is 2.06. The fraction of sp³-hybridized carbons (Fsp3) is 0.667. The Balaban J connectivity index is 1.67. The first kappa shape index (κ1) is 13.3. The van der Waals surface area contributed by atoms with Crippen LogP contribution in [0.5, 0.6) is 0 Å². The summed E-state index contributed by atoms with van der Waals surface area (Å²) in [5, 5.41) is 11.3. The number of benzene rings is 1. The van der Waals surface area contributed by atoms with Gasteiger partial charge in [0.05, 0.1) is 5.60 Å². The molecule has 0 radical (unpaired) electrons. The van der Waals surface area contributed by atoms with Gasteiger partial charge < -0.3 is 5.11 Å². The van der Waals surface area contributed by atoms with Crippen LogP contribution in [0.2, 0.25) is 0 Å². The summed E-state index contributed by atoms with van der Waals surface area (Å²) in [6, 6.07) is 8.30. The van der Waals surface area contributed by atoms with E-state index in [2.05, 4.69) is 47.1 Å². The minimum atomic E-state index is -0.663. The molecular weight excluding hydrogens is 312 g/mol. The van der Waals surface area contributed by atoms with Crippen LogP contribution in [0.3, 0.4) is 0 Å². The van der Waals surface area contributed by atoms with Crippen LogP contribution in [-0.4, -0.2) is 5.11 Å². The standard InChI is InChI=1S/C18H23BrO/c1-18(20,15-2-4-16(19)5-3-15)17-13-7-11-6-12(9-13)10-14(17)8-11/h2-5,11-14,17,20H,6-10H2,1H3. The minimum absolute atomic E-state index is 0.469. The predicted octanol–water partition coefficient (Wildman–Crippen LogP) is 4.73. The average Bonchev–Trinajstić information content (AvgIpc) is 2.37. The molecule has 4 aliphatic rings. The van der Waals surface area contributed by atoms with Gasteiger partial charge in [0.25, 0.3) is 0 Å². The van der Waals surface area contributed by atoms with E-state index in [1.165, 1.54) is 32.1 Å². The molecule has 5 rings (SSSR count). The molecule has 4 bridgehead atoms. The second-order valence-corrected chi connectivity index (χ2v) is 8.53. The Morgan fingerprint density at radius 3 is 1.95 bits per heavy atom. The monoisotopic (exact) mass is 334 g/mol. The van der Waals surface area contributed by atoms with Gasteiger partial charge in [-0.3, -0.25) is 0 Å². The van der Waals surface area contributed by atoms with E-state index in [0.717, 1.165) is 33.7 Å². The Hall–Kier alpha value is -0.340. The molecule has 1 unspecified atom stereocenters. The highest BCUT2D eigenvalue weighted by atomic mass is 79.9. The molecule has 1 aromatic carbocycles. The maximum Gasteiger partial charge on any atom is 0.0901 e. The third-order valence-corrected chi connectivity index (χ3v) is 6.83. The van der Waals surface area contributed by atoms with Gasteiger partial charge >= 0.3 is 0 Å². The molecule has 0 aliphatic heterocycles. The molecule has 0 heterocycles. The molecule has 0 spiro atoms. The van der Waals surface area contributed by atoms with Crippen LogP contribution in [0, 0.1) is 29.6 Å². The Labute approximate surface area is 129 Å². The zero-order chi connectivity index (χ0) is 13.9. The van der Waals surface area contributed by atoms with E-state index in [4.69, 9.17) is 0 Å². The van der Waals surface area contributed by atoms with Gasteiger partial charge in [-0.2, -0.15) is 0 Å². The van der Waals surface area contributed by atoms with Crippen LogP contribution in [0.15, 0.2) is 28.7 Å². The highest BCUT2D eigenvalue weighted by molar-refractivity contribution is 9.10. The molecule has 1 N–H and O–H groups in total. The van der Waals surface area contributed by atoms with Crippen molar-refractivity contribution < 1.29 is 5.11 Å². The second-order valence-electron chi connectivity index (χ2n) is 7.61. The Morgan fingerprint density at radius 1 is 0.950 bits per heavy atom. The van der Waals surface area contributed by atoms with Crippen LogP contribution in [0.4, 0.5) is 0 Å². The lowest BCUT2D eigenvalue weighted by atomic mass is 9.48. The quantitative estimate of drug-likeness (QED) is 0.828. The summed E-state index contributed by atoms with van der Waals surface area (Å²) in [4.78, 5) is 0. The number of hydrogen-bond acceptors (Lipinski definition) is 1. The van der Waals surface area contributed by atoms with Crippen molar-refractivity contribution in [1.82, 2.24) is 0 Å². The van der Waals surface area contributed by atoms with Crippen LogP contribution in [0.1, 0.15) is 44.6 Å². The fourth-order valence-electron chi connectivity index (χ4n) is 5.82. The SMILES string of the molecule is CC(O)(c1ccc(Br)cc1)C1C2CC3CC(C2)CC1C3. The molecular formula is C18H23BrO. The maximum atomic E-state index is 11.3. The second kappa shape index (κ2) is 4.58. The average molecular weight is 335 g/mol. The molecule has 2 heteroatoms. The highest BCUT2D eigenvalue weighted by Gasteiger charge is 2.54. The van der Waals surface area contributed by atoms with Crippen molar-refractivity contribution in [3.05, 3.63) is 34.3 Å². The van der Waals surface area contributed by atoms with Crippen molar-refractivity contribution in [2.24, 2.45) is 29.6 Å². The van der Waals surface area contributed by atoms with Gasteiger partial charge in [0, 0.05) is 4.47 Å². The van der Waals surface area contributed by atoms with E-state index in [0.29, 0.717) is 5.92 Å². The smallest absolute Gasteiger partial charge is 0.0901 e. The van der Waals surface area contributed by atoms with Crippen LogP contribution in [-0.2, 0) is 5.60 Å². The molecule has 20 heavy (non-hydrogen) atoms. The molecule has 0 aromatic heterocycles. The Bertz CT molecular complexity index is 477. The third kappa shape index (κ3) is 1.99. The molecule has 0 saturated heterocycles. The number of hydrogen-bond donors (Lipinski definition) is 1. The van der Waals surface area contributed by atoms with E-state index in [1.807, 2.05) is 0 Å². The van der Waals surface area contributed by atoms with E-state index in [9.17, 15) is 5.11 Å². The lowest BCUT2D eigenvalue weighted by Gasteiger charge is -2.58. The zero-order valence-electron chi connectivity index (χ0n) is 12.1. The van der Waals surface area contributed by atoms with Gasteiger partial charge in [0.15, 0.2) is 0 Å². The van der Waals surface area contributed by atoms with Crippen molar-refractivity contribution in [3.63, 3.8) is 0 Å². The predicted molar refractivity (Wildman–Crippen MR) is 84.2 cm³/mol. The third-order valence-electron chi connectivity index (χ3n) is 6.30. The molecule has 1 atom stereocenters. The van der Waals surface area contributed by atoms with Crippen molar-refractivity contribution >= 4 is 15.9 Å². The van der Waals surface area contributed by atoms with Crippen LogP contribution < -0.4 is 0 Å². The molecule has 0 amide bonds. The summed E-state index contributed by atoms with van der Waals surface area (Å²) in [5.74, 6) is 3.91. The summed E-state index contributed by atoms with van der Waals surface area (Å²) in [5.41, 5.74) is 0.432. The van der Waals surface area contributed by atoms with Gasteiger partial charge in [-0.25, -0.2) is 0 Å². The van der Waals surface area contributed by atoms with Gasteiger partial charge in [-0.1, -0.05) is 28.1 Å². The Morgan fingerprint density at radius 2 is 1.45 bits per heavy atom. The van der Waals surface area contributed by atoms with Gasteiger partial charge in [-0.15, -0.1) is 0 Å². The molecule has 1 nitrogen and oxygen atoms in total. The van der Waals surface area contributed by atoms with E-state index in [1.54, 1.807) is 0 Å². The van der Waals surface area contributed by atoms with E-state index < -0.39 is 5.60 Å². The van der Waals surface area contributed by atoms with Crippen molar-refractivity contribution in [2.75, 3.05) is 0 Å². The minimum Gasteiger partial charge on any atom is -0.385 e. The van der Waals surface area contributed by atoms with Gasteiger partial charge in [-0.05, 0) is 86.3 Å². The topological polar surface area (TPSA) is 20.2 Å². The van der Waals surface area contributed by atoms with Crippen molar-refractivity contribution in [3.8, 4) is 0 Å². The molecule has 4 saturated carbocycles. The number of rotatable bonds is 2. The van der Waals surface area contributed by atoms with E-state index in [-0.39, 0.29) is 0 Å². The first-order valence-corrected chi connectivity index (χ1v) is 8.81. The first-order chi connectivity index (χ1) is 9.54. The molecule has 108 valence electrons. The summed E-state index contributed by atoms with van der Waals surface area (Å²) < 4.78 is 1.09. The molecule has 4 fully saturated rings. The molecule has 1 aromatic rings. The number of aliphatic hydroxyl groups is 1. The largest absolute Gasteiger partial charge is 0.385 e. The normalized spacial score (nSPS) is 41.6. The van der Waals surface area contributed by atoms with Crippen molar-refractivity contribution in [1.29, 1.82) is 0 Å². The lowest BCUT2D eigenvalue weighted by Crippen LogP contribution is -2.52. The fourth-order valence-corrected chi connectivity index (χ4v) is 6.09.